The zero-order valence-electron chi connectivity index (χ0n) is 23.7. The van der Waals surface area contributed by atoms with Gasteiger partial charge in [0.05, 0.1) is 20.8 Å². The molecule has 2 aromatic rings. The van der Waals surface area contributed by atoms with Gasteiger partial charge in [0.1, 0.15) is 0 Å². The van der Waals surface area contributed by atoms with Gasteiger partial charge in [0.15, 0.2) is 23.0 Å². The SMILES string of the molecule is C.CN1CCC(CO)CC1.COc1ccc(C)cc1O.COc1ccc(C)cc1OCC1CCN(C)CC1. The van der Waals surface area contributed by atoms with Crippen molar-refractivity contribution < 1.29 is 24.4 Å². The van der Waals surface area contributed by atoms with Crippen LogP contribution in [0.25, 0.3) is 0 Å². The molecule has 0 radical (unpaired) electrons. The quantitative estimate of drug-likeness (QED) is 0.517. The Morgan fingerprint density at radius 3 is 1.68 bits per heavy atom. The predicted molar refractivity (Wildman–Crippen MR) is 157 cm³/mol. The van der Waals surface area contributed by atoms with E-state index in [0.29, 0.717) is 24.2 Å². The molecule has 0 spiro atoms. The lowest BCUT2D eigenvalue weighted by Crippen LogP contribution is -2.32. The average Bonchev–Trinajstić information content (AvgIpc) is 2.90. The molecule has 0 aliphatic carbocycles. The van der Waals surface area contributed by atoms with Crippen LogP contribution in [0.5, 0.6) is 23.0 Å². The number of piperidine rings is 2. The molecule has 0 unspecified atom stereocenters. The first-order valence-electron chi connectivity index (χ1n) is 13.3. The van der Waals surface area contributed by atoms with E-state index in [-0.39, 0.29) is 13.2 Å². The highest BCUT2D eigenvalue weighted by Gasteiger charge is 2.18. The maximum absolute atomic E-state index is 9.17. The van der Waals surface area contributed by atoms with Gasteiger partial charge in [0.2, 0.25) is 0 Å². The number of ether oxygens (including phenoxy) is 3. The van der Waals surface area contributed by atoms with Crippen molar-refractivity contribution in [2.75, 3.05) is 67.7 Å². The standard InChI is InChI=1S/C15H23NO2.C8H10O2.C7H15NO.CH4/c1-12-4-5-14(17-3)15(10-12)18-11-13-6-8-16(2)9-7-13;1-6-3-4-8(10-2)7(9)5-6;1-8-4-2-7(6-9)3-5-8;/h4-5,10,13H,6-9,11H2,1-3H3;3-5,9H,1-2H3;7,9H,2-6H2,1H3;1H4. The Balaban J connectivity index is 0.000000307. The molecule has 2 N–H and O–H groups in total. The number of nitrogens with zero attached hydrogens (tertiary/aromatic N) is 2. The summed E-state index contributed by atoms with van der Waals surface area (Å²) in [6, 6.07) is 11.4. The Bertz CT molecular complexity index is 907. The first-order chi connectivity index (χ1) is 17.7. The monoisotopic (exact) mass is 532 g/mol. The van der Waals surface area contributed by atoms with Crippen LogP contribution in [0.4, 0.5) is 0 Å². The van der Waals surface area contributed by atoms with Gasteiger partial charge < -0.3 is 34.2 Å². The number of aromatic hydroxyl groups is 1. The van der Waals surface area contributed by atoms with Crippen molar-refractivity contribution in [2.24, 2.45) is 11.8 Å². The maximum Gasteiger partial charge on any atom is 0.161 e. The van der Waals surface area contributed by atoms with Gasteiger partial charge in [-0.15, -0.1) is 0 Å². The Labute approximate surface area is 231 Å². The summed E-state index contributed by atoms with van der Waals surface area (Å²) in [4.78, 5) is 4.69. The van der Waals surface area contributed by atoms with Crippen molar-refractivity contribution >= 4 is 0 Å². The lowest BCUT2D eigenvalue weighted by atomic mass is 9.98. The second-order valence-electron chi connectivity index (χ2n) is 10.3. The molecule has 2 aliphatic heterocycles. The fraction of sp³-hybridized carbons (Fsp3) is 0.613. The molecule has 2 aliphatic rings. The van der Waals surface area contributed by atoms with Crippen molar-refractivity contribution in [3.05, 3.63) is 47.5 Å². The molecule has 2 fully saturated rings. The Kier molecular flexibility index (Phi) is 15.8. The Morgan fingerprint density at radius 2 is 1.21 bits per heavy atom. The van der Waals surface area contributed by atoms with Gasteiger partial charge in [-0.25, -0.2) is 0 Å². The lowest BCUT2D eigenvalue weighted by Gasteiger charge is -2.28. The number of phenols is 1. The van der Waals surface area contributed by atoms with E-state index in [0.717, 1.165) is 36.8 Å². The summed E-state index contributed by atoms with van der Waals surface area (Å²) in [6.07, 6.45) is 4.80. The third-order valence-corrected chi connectivity index (χ3v) is 7.06. The molecule has 7 heteroatoms. The van der Waals surface area contributed by atoms with Crippen LogP contribution in [-0.4, -0.2) is 87.7 Å². The molecular weight excluding hydrogens is 480 g/mol. The number of aliphatic hydroxyl groups excluding tert-OH is 1. The number of hydrogen-bond acceptors (Lipinski definition) is 7. The molecule has 2 aromatic carbocycles. The fourth-order valence-electron chi connectivity index (χ4n) is 4.38. The average molecular weight is 533 g/mol. The lowest BCUT2D eigenvalue weighted by molar-refractivity contribution is 0.148. The molecule has 2 saturated heterocycles. The molecule has 0 aromatic heterocycles. The number of hydrogen-bond donors (Lipinski definition) is 2. The van der Waals surface area contributed by atoms with E-state index in [1.807, 2.05) is 31.2 Å². The summed E-state index contributed by atoms with van der Waals surface area (Å²) < 4.78 is 16.1. The largest absolute Gasteiger partial charge is 0.504 e. The van der Waals surface area contributed by atoms with Gasteiger partial charge >= 0.3 is 0 Å². The molecule has 7 nitrogen and oxygen atoms in total. The molecule has 0 amide bonds. The van der Waals surface area contributed by atoms with Crippen molar-refractivity contribution in [3.8, 4) is 23.0 Å². The first kappa shape index (κ1) is 33.5. The highest BCUT2D eigenvalue weighted by Crippen LogP contribution is 2.29. The van der Waals surface area contributed by atoms with Crippen LogP contribution in [-0.2, 0) is 0 Å². The number of phenolic OH excluding ortho intramolecular Hbond substituents is 1. The topological polar surface area (TPSA) is 74.6 Å². The van der Waals surface area contributed by atoms with E-state index >= 15 is 0 Å². The van der Waals surface area contributed by atoms with Gasteiger partial charge in [0.25, 0.3) is 0 Å². The third kappa shape index (κ3) is 11.9. The van der Waals surface area contributed by atoms with Gasteiger partial charge in [-0.05, 0) is 127 Å². The highest BCUT2D eigenvalue weighted by atomic mass is 16.5. The van der Waals surface area contributed by atoms with Crippen LogP contribution in [0.3, 0.4) is 0 Å². The van der Waals surface area contributed by atoms with Crippen molar-refractivity contribution in [1.82, 2.24) is 9.80 Å². The predicted octanol–water partition coefficient (Wildman–Crippen LogP) is 5.39. The summed E-state index contributed by atoms with van der Waals surface area (Å²) in [5, 5.41) is 17.9. The number of likely N-dealkylation sites (tertiary alicyclic amines) is 2. The summed E-state index contributed by atoms with van der Waals surface area (Å²) >= 11 is 0. The van der Waals surface area contributed by atoms with E-state index in [4.69, 9.17) is 24.4 Å². The summed E-state index contributed by atoms with van der Waals surface area (Å²) in [5.41, 5.74) is 2.23. The maximum atomic E-state index is 9.17. The van der Waals surface area contributed by atoms with Crippen LogP contribution in [0, 0.1) is 25.7 Å². The summed E-state index contributed by atoms with van der Waals surface area (Å²) in [7, 11) is 7.53. The number of aryl methyl sites for hydroxylation is 2. The minimum absolute atomic E-state index is 0. The van der Waals surface area contributed by atoms with E-state index in [1.54, 1.807) is 19.2 Å². The van der Waals surface area contributed by atoms with Crippen molar-refractivity contribution in [3.63, 3.8) is 0 Å². The summed E-state index contributed by atoms with van der Waals surface area (Å²) in [6.45, 7) is 9.84. The van der Waals surface area contributed by atoms with Crippen molar-refractivity contribution in [1.29, 1.82) is 0 Å². The second-order valence-corrected chi connectivity index (χ2v) is 10.3. The molecule has 0 atom stereocenters. The van der Waals surface area contributed by atoms with Gasteiger partial charge in [-0.3, -0.25) is 0 Å². The zero-order chi connectivity index (χ0) is 27.2. The second kappa shape index (κ2) is 17.9. The smallest absolute Gasteiger partial charge is 0.161 e. The van der Waals surface area contributed by atoms with Crippen LogP contribution in [0.15, 0.2) is 36.4 Å². The van der Waals surface area contributed by atoms with Crippen LogP contribution in [0.1, 0.15) is 44.2 Å². The van der Waals surface area contributed by atoms with Crippen molar-refractivity contribution in [2.45, 2.75) is 47.0 Å². The number of rotatable bonds is 6. The number of benzene rings is 2. The van der Waals surface area contributed by atoms with Gasteiger partial charge in [-0.2, -0.15) is 0 Å². The Hall–Kier alpha value is -2.48. The van der Waals surface area contributed by atoms with Crippen LogP contribution in [0.2, 0.25) is 0 Å². The number of methoxy groups -OCH3 is 2. The van der Waals surface area contributed by atoms with E-state index in [9.17, 15) is 0 Å². The Morgan fingerprint density at radius 1 is 0.737 bits per heavy atom. The van der Waals surface area contributed by atoms with E-state index < -0.39 is 0 Å². The summed E-state index contributed by atoms with van der Waals surface area (Å²) in [5.74, 6) is 3.67. The number of aliphatic hydroxyl groups is 1. The van der Waals surface area contributed by atoms with Crippen LogP contribution >= 0.6 is 0 Å². The van der Waals surface area contributed by atoms with E-state index in [1.165, 1.54) is 51.4 Å². The van der Waals surface area contributed by atoms with Gasteiger partial charge in [-0.1, -0.05) is 19.6 Å². The first-order valence-corrected chi connectivity index (χ1v) is 13.3. The third-order valence-electron chi connectivity index (χ3n) is 7.06. The molecule has 2 heterocycles. The fourth-order valence-corrected chi connectivity index (χ4v) is 4.38. The molecule has 216 valence electrons. The zero-order valence-corrected chi connectivity index (χ0v) is 23.7. The minimum Gasteiger partial charge on any atom is -0.504 e. The molecule has 4 rings (SSSR count). The minimum atomic E-state index is 0. The highest BCUT2D eigenvalue weighted by molar-refractivity contribution is 5.42. The normalized spacial score (nSPS) is 16.7. The molecule has 0 bridgehead atoms. The van der Waals surface area contributed by atoms with E-state index in [2.05, 4.69) is 30.8 Å². The molecule has 38 heavy (non-hydrogen) atoms. The molecular formula is C31H52N2O5. The molecule has 0 saturated carbocycles. The van der Waals surface area contributed by atoms with Crippen LogP contribution < -0.4 is 14.2 Å². The van der Waals surface area contributed by atoms with Gasteiger partial charge in [0, 0.05) is 6.61 Å².